The predicted octanol–water partition coefficient (Wildman–Crippen LogP) is 1.90. The van der Waals surface area contributed by atoms with Crippen molar-refractivity contribution in [1.82, 2.24) is 15.1 Å². The Morgan fingerprint density at radius 1 is 1.16 bits per heavy atom. The van der Waals surface area contributed by atoms with Crippen molar-refractivity contribution in [2.75, 3.05) is 13.1 Å². The number of carbonyl (C=O) groups excluding carboxylic acids is 1. The van der Waals surface area contributed by atoms with Gasteiger partial charge in [-0.3, -0.25) is 4.79 Å². The van der Waals surface area contributed by atoms with E-state index >= 15 is 0 Å². The van der Waals surface area contributed by atoms with Crippen molar-refractivity contribution < 1.29 is 9.21 Å². The first-order valence-electron chi connectivity index (χ1n) is 6.48. The number of hydrogen-bond acceptors (Lipinski definition) is 4. The fourth-order valence-corrected chi connectivity index (χ4v) is 2.23. The Bertz CT molecular complexity index is 559. The van der Waals surface area contributed by atoms with E-state index in [1.807, 2.05) is 35.2 Å². The van der Waals surface area contributed by atoms with E-state index < -0.39 is 0 Å². The molecule has 1 amide bonds. The summed E-state index contributed by atoms with van der Waals surface area (Å²) in [7, 11) is 0. The molecule has 0 atom stereocenters. The van der Waals surface area contributed by atoms with Gasteiger partial charge in [-0.15, -0.1) is 10.2 Å². The van der Waals surface area contributed by atoms with Gasteiger partial charge in [0.15, 0.2) is 0 Å². The normalized spacial score (nSPS) is 14.8. The molecule has 2 aromatic rings. The molecule has 0 spiro atoms. The summed E-state index contributed by atoms with van der Waals surface area (Å²) in [6.07, 6.45) is 2.37. The third-order valence-electron chi connectivity index (χ3n) is 3.25. The van der Waals surface area contributed by atoms with Gasteiger partial charge in [0.2, 0.25) is 17.7 Å². The Morgan fingerprint density at radius 2 is 1.89 bits per heavy atom. The molecule has 1 fully saturated rings. The Hall–Kier alpha value is -2.17. The van der Waals surface area contributed by atoms with Gasteiger partial charge < -0.3 is 9.32 Å². The summed E-state index contributed by atoms with van der Waals surface area (Å²) in [6.45, 7) is 1.69. The van der Waals surface area contributed by atoms with Crippen LogP contribution in [0, 0.1) is 0 Å². The van der Waals surface area contributed by atoms with Gasteiger partial charge in [0, 0.05) is 18.7 Å². The number of aromatic nitrogens is 2. The molecule has 0 aliphatic carbocycles. The minimum absolute atomic E-state index is 0.0701. The maximum absolute atomic E-state index is 12.0. The summed E-state index contributed by atoms with van der Waals surface area (Å²) in [5.41, 5.74) is 0.870. The van der Waals surface area contributed by atoms with Crippen LogP contribution >= 0.6 is 0 Å². The number of hydrogen-bond donors (Lipinski definition) is 0. The van der Waals surface area contributed by atoms with Crippen molar-refractivity contribution in [2.24, 2.45) is 0 Å². The van der Waals surface area contributed by atoms with Gasteiger partial charge in [0.05, 0.1) is 0 Å². The van der Waals surface area contributed by atoms with Crippen molar-refractivity contribution >= 4 is 5.91 Å². The van der Waals surface area contributed by atoms with Crippen molar-refractivity contribution in [3.8, 4) is 11.5 Å². The smallest absolute Gasteiger partial charge is 0.247 e. The molecule has 1 aromatic heterocycles. The molecular weight excluding hydrogens is 242 g/mol. The van der Waals surface area contributed by atoms with E-state index in [2.05, 4.69) is 10.2 Å². The second kappa shape index (κ2) is 5.22. The zero-order valence-electron chi connectivity index (χ0n) is 10.6. The van der Waals surface area contributed by atoms with Crippen LogP contribution in [0.3, 0.4) is 0 Å². The summed E-state index contributed by atoms with van der Waals surface area (Å²) < 4.78 is 5.53. The van der Waals surface area contributed by atoms with Crippen molar-refractivity contribution in [2.45, 2.75) is 19.3 Å². The Morgan fingerprint density at radius 3 is 2.63 bits per heavy atom. The van der Waals surface area contributed by atoms with Gasteiger partial charge in [-0.25, -0.2) is 0 Å². The SMILES string of the molecule is O=C(Cc1nnc(-c2ccccc2)o1)N1CCCC1. The maximum Gasteiger partial charge on any atom is 0.247 e. The average molecular weight is 257 g/mol. The average Bonchev–Trinajstić information content (AvgIpc) is 3.11. The lowest BCUT2D eigenvalue weighted by atomic mass is 10.2. The number of benzene rings is 1. The Kier molecular flexibility index (Phi) is 3.27. The minimum Gasteiger partial charge on any atom is -0.420 e. The lowest BCUT2D eigenvalue weighted by Crippen LogP contribution is -2.29. The molecule has 2 heterocycles. The predicted molar refractivity (Wildman–Crippen MR) is 69.3 cm³/mol. The van der Waals surface area contributed by atoms with Crippen molar-refractivity contribution in [3.63, 3.8) is 0 Å². The van der Waals surface area contributed by atoms with Crippen LogP contribution in [0.15, 0.2) is 34.7 Å². The fourth-order valence-electron chi connectivity index (χ4n) is 2.23. The van der Waals surface area contributed by atoms with Gasteiger partial charge in [0.1, 0.15) is 6.42 Å². The number of likely N-dealkylation sites (tertiary alicyclic amines) is 1. The van der Waals surface area contributed by atoms with Crippen LogP contribution in [0.1, 0.15) is 18.7 Å². The largest absolute Gasteiger partial charge is 0.420 e. The van der Waals surface area contributed by atoms with Crippen LogP contribution in [-0.4, -0.2) is 34.1 Å². The van der Waals surface area contributed by atoms with E-state index in [1.54, 1.807) is 0 Å². The van der Waals surface area contributed by atoms with Crippen LogP contribution in [0.5, 0.6) is 0 Å². The van der Waals surface area contributed by atoms with Gasteiger partial charge in [-0.2, -0.15) is 0 Å². The third kappa shape index (κ3) is 2.65. The van der Waals surface area contributed by atoms with E-state index in [-0.39, 0.29) is 12.3 Å². The molecule has 0 N–H and O–H groups in total. The van der Waals surface area contributed by atoms with E-state index in [9.17, 15) is 4.79 Å². The molecule has 0 radical (unpaired) electrons. The molecule has 3 rings (SSSR count). The highest BCUT2D eigenvalue weighted by Gasteiger charge is 2.20. The summed E-state index contributed by atoms with van der Waals surface area (Å²) in [4.78, 5) is 13.8. The summed E-state index contributed by atoms with van der Waals surface area (Å²) in [6, 6.07) is 9.56. The number of carbonyl (C=O) groups is 1. The first-order valence-corrected chi connectivity index (χ1v) is 6.48. The molecule has 5 nitrogen and oxygen atoms in total. The van der Waals surface area contributed by atoms with Gasteiger partial charge in [-0.05, 0) is 25.0 Å². The molecule has 0 saturated carbocycles. The topological polar surface area (TPSA) is 59.2 Å². The maximum atomic E-state index is 12.0. The van der Waals surface area contributed by atoms with Crippen LogP contribution in [0.4, 0.5) is 0 Å². The monoisotopic (exact) mass is 257 g/mol. The van der Waals surface area contributed by atoms with E-state index in [0.717, 1.165) is 31.5 Å². The molecule has 1 aromatic carbocycles. The molecule has 1 aliphatic heterocycles. The third-order valence-corrected chi connectivity index (χ3v) is 3.25. The zero-order chi connectivity index (χ0) is 13.1. The summed E-state index contributed by atoms with van der Waals surface area (Å²) in [5.74, 6) is 0.918. The van der Waals surface area contributed by atoms with Crippen LogP contribution in [0.2, 0.25) is 0 Å². The summed E-state index contributed by atoms with van der Waals surface area (Å²) >= 11 is 0. The summed E-state index contributed by atoms with van der Waals surface area (Å²) in [5, 5.41) is 7.92. The van der Waals surface area contributed by atoms with Crippen LogP contribution < -0.4 is 0 Å². The van der Waals surface area contributed by atoms with Gasteiger partial charge in [0.25, 0.3) is 0 Å². The first-order chi connectivity index (χ1) is 9.33. The van der Waals surface area contributed by atoms with E-state index in [4.69, 9.17) is 4.42 Å². The molecule has 98 valence electrons. The van der Waals surface area contributed by atoms with E-state index in [0.29, 0.717) is 11.8 Å². The van der Waals surface area contributed by atoms with Crippen molar-refractivity contribution in [3.05, 3.63) is 36.2 Å². The molecular formula is C14H15N3O2. The Balaban J connectivity index is 1.70. The lowest BCUT2D eigenvalue weighted by Gasteiger charge is -2.13. The molecule has 19 heavy (non-hydrogen) atoms. The molecule has 1 aliphatic rings. The van der Waals surface area contributed by atoms with Crippen LogP contribution in [0.25, 0.3) is 11.5 Å². The van der Waals surface area contributed by atoms with E-state index in [1.165, 1.54) is 0 Å². The van der Waals surface area contributed by atoms with Crippen LogP contribution in [-0.2, 0) is 11.2 Å². The molecule has 5 heteroatoms. The minimum atomic E-state index is 0.0701. The highest BCUT2D eigenvalue weighted by molar-refractivity contribution is 5.78. The quantitative estimate of drug-likeness (QED) is 0.842. The standard InChI is InChI=1S/C14H15N3O2/c18-13(17-8-4-5-9-17)10-12-15-16-14(19-12)11-6-2-1-3-7-11/h1-3,6-7H,4-5,8-10H2. The Labute approximate surface area is 111 Å². The first kappa shape index (κ1) is 11.9. The fraction of sp³-hybridized carbons (Fsp3) is 0.357. The highest BCUT2D eigenvalue weighted by Crippen LogP contribution is 2.17. The molecule has 0 unspecified atom stereocenters. The molecule has 1 saturated heterocycles. The lowest BCUT2D eigenvalue weighted by molar-refractivity contribution is -0.129. The molecule has 0 bridgehead atoms. The van der Waals surface area contributed by atoms with Gasteiger partial charge in [-0.1, -0.05) is 18.2 Å². The highest BCUT2D eigenvalue weighted by atomic mass is 16.4. The number of rotatable bonds is 3. The van der Waals surface area contributed by atoms with Gasteiger partial charge >= 0.3 is 0 Å². The zero-order valence-corrected chi connectivity index (χ0v) is 10.6. The van der Waals surface area contributed by atoms with Crippen molar-refractivity contribution in [1.29, 1.82) is 0 Å². The number of amides is 1. The number of nitrogens with zero attached hydrogens (tertiary/aromatic N) is 3. The second-order valence-corrected chi connectivity index (χ2v) is 4.63. The second-order valence-electron chi connectivity index (χ2n) is 4.63.